The molecule has 0 spiro atoms. The fourth-order valence-electron chi connectivity index (χ4n) is 3.94. The molecule has 1 aromatic carbocycles. The Kier molecular flexibility index (Phi) is 4.72. The summed E-state index contributed by atoms with van der Waals surface area (Å²) in [6.07, 6.45) is 4.16. The number of benzene rings is 1. The predicted octanol–water partition coefficient (Wildman–Crippen LogP) is 1.20. The Bertz CT molecular complexity index is 700. The summed E-state index contributed by atoms with van der Waals surface area (Å²) < 4.78 is 11.1. The number of hydrogen-bond acceptors (Lipinski definition) is 5. The van der Waals surface area contributed by atoms with E-state index < -0.39 is 5.92 Å². The molecule has 7 heteroatoms. The molecule has 7 nitrogen and oxygen atoms in total. The molecule has 0 radical (unpaired) electrons. The number of hydrogen-bond donors (Lipinski definition) is 2. The van der Waals surface area contributed by atoms with Crippen LogP contribution < -0.4 is 25.4 Å². The van der Waals surface area contributed by atoms with Crippen LogP contribution in [0.2, 0.25) is 0 Å². The maximum Gasteiger partial charge on any atom is 0.239 e. The number of carbonyl (C=O) groups is 2. The standard InChI is InChI=1S/C19H25N3O4/c20-12-1-3-13(4-2-12)21-18(23)15-7-8-22(19(15)24)14-5-6-16-17(11-14)26-10-9-25-16/h5-6,11-13,15H,1-4,7-10,20H2,(H,21,23). The Hall–Kier alpha value is -2.28. The number of rotatable bonds is 3. The Labute approximate surface area is 152 Å². The van der Waals surface area contributed by atoms with Crippen LogP contribution >= 0.6 is 0 Å². The van der Waals surface area contributed by atoms with Crippen molar-refractivity contribution >= 4 is 17.5 Å². The van der Waals surface area contributed by atoms with Crippen LogP contribution in [-0.2, 0) is 9.59 Å². The summed E-state index contributed by atoms with van der Waals surface area (Å²) in [5, 5.41) is 3.05. The van der Waals surface area contributed by atoms with E-state index in [1.807, 2.05) is 18.2 Å². The van der Waals surface area contributed by atoms with Crippen LogP contribution in [0.4, 0.5) is 5.69 Å². The third-order valence-electron chi connectivity index (χ3n) is 5.48. The second kappa shape index (κ2) is 7.15. The summed E-state index contributed by atoms with van der Waals surface area (Å²) in [6.45, 7) is 1.57. The van der Waals surface area contributed by atoms with E-state index in [2.05, 4.69) is 5.32 Å². The van der Waals surface area contributed by atoms with Gasteiger partial charge in [-0.3, -0.25) is 9.59 Å². The molecule has 1 aromatic rings. The van der Waals surface area contributed by atoms with Gasteiger partial charge in [-0.25, -0.2) is 0 Å². The van der Waals surface area contributed by atoms with Gasteiger partial charge in [-0.1, -0.05) is 0 Å². The number of fused-ring (bicyclic) bond motifs is 1. The second-order valence-electron chi connectivity index (χ2n) is 7.28. The zero-order valence-electron chi connectivity index (χ0n) is 14.8. The first-order valence-corrected chi connectivity index (χ1v) is 9.39. The first-order chi connectivity index (χ1) is 12.6. The number of nitrogens with one attached hydrogen (secondary N) is 1. The number of nitrogens with two attached hydrogens (primary N) is 1. The van der Waals surface area contributed by atoms with Crippen molar-refractivity contribution in [2.45, 2.75) is 44.2 Å². The van der Waals surface area contributed by atoms with Gasteiger partial charge in [0.15, 0.2) is 11.5 Å². The fourth-order valence-corrected chi connectivity index (χ4v) is 3.94. The lowest BCUT2D eigenvalue weighted by atomic mass is 9.91. The normalized spacial score (nSPS) is 28.1. The van der Waals surface area contributed by atoms with Gasteiger partial charge in [-0.05, 0) is 44.2 Å². The van der Waals surface area contributed by atoms with E-state index in [9.17, 15) is 9.59 Å². The summed E-state index contributed by atoms with van der Waals surface area (Å²) in [5.74, 6) is 0.422. The number of ether oxygens (including phenoxy) is 2. The number of nitrogens with zero attached hydrogens (tertiary/aromatic N) is 1. The average molecular weight is 359 g/mol. The second-order valence-corrected chi connectivity index (χ2v) is 7.28. The van der Waals surface area contributed by atoms with E-state index in [1.54, 1.807) is 4.90 Å². The van der Waals surface area contributed by atoms with Gasteiger partial charge in [0.2, 0.25) is 11.8 Å². The van der Waals surface area contributed by atoms with Gasteiger partial charge in [0.05, 0.1) is 0 Å². The van der Waals surface area contributed by atoms with Crippen molar-refractivity contribution in [2.75, 3.05) is 24.7 Å². The van der Waals surface area contributed by atoms with Crippen LogP contribution in [0.5, 0.6) is 11.5 Å². The van der Waals surface area contributed by atoms with E-state index in [0.29, 0.717) is 37.7 Å². The van der Waals surface area contributed by atoms with E-state index in [4.69, 9.17) is 15.2 Å². The number of carbonyl (C=O) groups excluding carboxylic acids is 2. The number of anilines is 1. The van der Waals surface area contributed by atoms with Crippen LogP contribution in [0, 0.1) is 5.92 Å². The van der Waals surface area contributed by atoms with E-state index in [0.717, 1.165) is 31.4 Å². The zero-order valence-corrected chi connectivity index (χ0v) is 14.8. The molecule has 1 saturated heterocycles. The molecule has 1 unspecified atom stereocenters. The van der Waals surface area contributed by atoms with Crippen molar-refractivity contribution in [1.82, 2.24) is 5.32 Å². The van der Waals surface area contributed by atoms with Gasteiger partial charge >= 0.3 is 0 Å². The van der Waals surface area contributed by atoms with Gasteiger partial charge in [-0.2, -0.15) is 0 Å². The van der Waals surface area contributed by atoms with E-state index >= 15 is 0 Å². The lowest BCUT2D eigenvalue weighted by Crippen LogP contribution is -2.44. The molecule has 2 amide bonds. The largest absolute Gasteiger partial charge is 0.486 e. The van der Waals surface area contributed by atoms with Gasteiger partial charge in [0.1, 0.15) is 19.1 Å². The first-order valence-electron chi connectivity index (χ1n) is 9.39. The van der Waals surface area contributed by atoms with Crippen LogP contribution in [-0.4, -0.2) is 43.7 Å². The topological polar surface area (TPSA) is 93.9 Å². The fraction of sp³-hybridized carbons (Fsp3) is 0.579. The summed E-state index contributed by atoms with van der Waals surface area (Å²) in [7, 11) is 0. The third kappa shape index (κ3) is 3.35. The molecule has 140 valence electrons. The van der Waals surface area contributed by atoms with Crippen molar-refractivity contribution in [3.05, 3.63) is 18.2 Å². The van der Waals surface area contributed by atoms with Crippen LogP contribution in [0.15, 0.2) is 18.2 Å². The minimum absolute atomic E-state index is 0.137. The molecule has 1 aliphatic carbocycles. The Morgan fingerprint density at radius 1 is 1.08 bits per heavy atom. The molecule has 3 N–H and O–H groups in total. The van der Waals surface area contributed by atoms with Gasteiger partial charge in [-0.15, -0.1) is 0 Å². The molecular weight excluding hydrogens is 334 g/mol. The summed E-state index contributed by atoms with van der Waals surface area (Å²) in [4.78, 5) is 27.0. The number of amides is 2. The summed E-state index contributed by atoms with van der Waals surface area (Å²) in [6, 6.07) is 5.85. The molecule has 2 fully saturated rings. The third-order valence-corrected chi connectivity index (χ3v) is 5.48. The van der Waals surface area contributed by atoms with Gasteiger partial charge in [0, 0.05) is 30.4 Å². The lowest BCUT2D eigenvalue weighted by molar-refractivity contribution is -0.132. The van der Waals surface area contributed by atoms with Crippen molar-refractivity contribution in [2.24, 2.45) is 11.7 Å². The monoisotopic (exact) mass is 359 g/mol. The Morgan fingerprint density at radius 3 is 2.58 bits per heavy atom. The summed E-state index contributed by atoms with van der Waals surface area (Å²) in [5.41, 5.74) is 6.66. The molecule has 26 heavy (non-hydrogen) atoms. The minimum Gasteiger partial charge on any atom is -0.486 e. The Balaban J connectivity index is 1.40. The molecule has 3 aliphatic rings. The van der Waals surface area contributed by atoms with Crippen LogP contribution in [0.25, 0.3) is 0 Å². The predicted molar refractivity (Wildman–Crippen MR) is 96.3 cm³/mol. The quantitative estimate of drug-likeness (QED) is 0.791. The Morgan fingerprint density at radius 2 is 1.81 bits per heavy atom. The molecule has 2 heterocycles. The molecule has 0 aromatic heterocycles. The molecular formula is C19H25N3O4. The maximum absolute atomic E-state index is 12.8. The van der Waals surface area contributed by atoms with Crippen molar-refractivity contribution in [3.8, 4) is 11.5 Å². The highest BCUT2D eigenvalue weighted by atomic mass is 16.6. The highest BCUT2D eigenvalue weighted by Gasteiger charge is 2.38. The molecule has 4 rings (SSSR count). The van der Waals surface area contributed by atoms with Crippen LogP contribution in [0.1, 0.15) is 32.1 Å². The molecule has 0 bridgehead atoms. The van der Waals surface area contributed by atoms with Crippen molar-refractivity contribution in [3.63, 3.8) is 0 Å². The smallest absolute Gasteiger partial charge is 0.239 e. The van der Waals surface area contributed by atoms with E-state index in [-0.39, 0.29) is 23.9 Å². The maximum atomic E-state index is 12.8. The van der Waals surface area contributed by atoms with Crippen LogP contribution in [0.3, 0.4) is 0 Å². The van der Waals surface area contributed by atoms with E-state index in [1.165, 1.54) is 0 Å². The molecule has 1 atom stereocenters. The highest BCUT2D eigenvalue weighted by Crippen LogP contribution is 2.36. The molecule has 2 aliphatic heterocycles. The summed E-state index contributed by atoms with van der Waals surface area (Å²) >= 11 is 0. The van der Waals surface area contributed by atoms with Crippen molar-refractivity contribution in [1.29, 1.82) is 0 Å². The highest BCUT2D eigenvalue weighted by molar-refractivity contribution is 6.09. The lowest BCUT2D eigenvalue weighted by Gasteiger charge is -2.27. The zero-order chi connectivity index (χ0) is 18.1. The molecule has 1 saturated carbocycles. The SMILES string of the molecule is NC1CCC(NC(=O)C2CCN(c3ccc4c(c3)OCCO4)C2=O)CC1. The van der Waals surface area contributed by atoms with Gasteiger partial charge in [0.25, 0.3) is 0 Å². The first kappa shape index (κ1) is 17.1. The van der Waals surface area contributed by atoms with Crippen molar-refractivity contribution < 1.29 is 19.1 Å². The average Bonchev–Trinajstić information content (AvgIpc) is 3.05. The minimum atomic E-state index is -0.612. The van der Waals surface area contributed by atoms with Gasteiger partial charge < -0.3 is 25.4 Å².